The van der Waals surface area contributed by atoms with Gasteiger partial charge in [-0.1, -0.05) is 18.2 Å². The van der Waals surface area contributed by atoms with E-state index < -0.39 is 6.09 Å². The molecule has 0 unspecified atom stereocenters. The maximum Gasteiger partial charge on any atom is 0.404 e. The monoisotopic (exact) mass is 314 g/mol. The van der Waals surface area contributed by atoms with Gasteiger partial charge in [0.1, 0.15) is 18.5 Å². The van der Waals surface area contributed by atoms with E-state index >= 15 is 0 Å². The number of pyridine rings is 1. The van der Waals surface area contributed by atoms with Gasteiger partial charge in [0, 0.05) is 6.20 Å². The minimum Gasteiger partial charge on any atom is -0.487 e. The highest BCUT2D eigenvalue weighted by atomic mass is 16.6. The molecule has 1 aliphatic rings. The Morgan fingerprint density at radius 1 is 1.35 bits per heavy atom. The van der Waals surface area contributed by atoms with Crippen LogP contribution in [0.2, 0.25) is 0 Å². The second-order valence-corrected chi connectivity index (χ2v) is 5.39. The molecule has 120 valence electrons. The number of carboxylic acid groups (broad SMARTS) is 1. The highest BCUT2D eigenvalue weighted by Crippen LogP contribution is 2.20. The van der Waals surface area contributed by atoms with Crippen molar-refractivity contribution < 1.29 is 19.4 Å². The number of nitrogens with zero attached hydrogens (tertiary/aromatic N) is 1. The van der Waals surface area contributed by atoms with E-state index in [1.165, 1.54) is 0 Å². The van der Waals surface area contributed by atoms with Crippen molar-refractivity contribution in [3.05, 3.63) is 59.9 Å². The molecule has 2 aromatic rings. The van der Waals surface area contributed by atoms with Crippen LogP contribution in [0.1, 0.15) is 11.3 Å². The van der Waals surface area contributed by atoms with Crippen molar-refractivity contribution in [1.82, 2.24) is 10.3 Å². The summed E-state index contributed by atoms with van der Waals surface area (Å²) in [7, 11) is 0. The molecule has 23 heavy (non-hydrogen) atoms. The summed E-state index contributed by atoms with van der Waals surface area (Å²) in [5, 5.41) is 11.4. The van der Waals surface area contributed by atoms with E-state index in [-0.39, 0.29) is 12.1 Å². The SMILES string of the molecule is O=C(O)N[C@@H](Cc1ccc(OCc2ccccn2)cc1)[C@H]1CO1. The van der Waals surface area contributed by atoms with Crippen molar-refractivity contribution in [3.63, 3.8) is 0 Å². The first kappa shape index (κ1) is 15.3. The molecule has 1 aromatic heterocycles. The molecule has 0 spiro atoms. The smallest absolute Gasteiger partial charge is 0.404 e. The number of carbonyl (C=O) groups is 1. The average molecular weight is 314 g/mol. The maximum atomic E-state index is 10.8. The van der Waals surface area contributed by atoms with E-state index in [1.807, 2.05) is 42.5 Å². The molecule has 2 N–H and O–H groups in total. The summed E-state index contributed by atoms with van der Waals surface area (Å²) in [5.74, 6) is 0.754. The van der Waals surface area contributed by atoms with Gasteiger partial charge < -0.3 is 19.9 Å². The fourth-order valence-electron chi connectivity index (χ4n) is 2.34. The lowest BCUT2D eigenvalue weighted by Crippen LogP contribution is -2.39. The average Bonchev–Trinajstić information content (AvgIpc) is 3.39. The van der Waals surface area contributed by atoms with Gasteiger partial charge in [-0.2, -0.15) is 0 Å². The standard InChI is InChI=1S/C17H18N2O4/c20-17(21)19-15(16-11-23-16)9-12-4-6-14(7-5-12)22-10-13-3-1-2-8-18-13/h1-8,15-16,19H,9-11H2,(H,20,21)/t15-,16+/m0/s1. The molecule has 1 amide bonds. The number of rotatable bonds is 7. The number of hydrogen-bond donors (Lipinski definition) is 2. The van der Waals surface area contributed by atoms with Crippen LogP contribution in [0.15, 0.2) is 48.7 Å². The van der Waals surface area contributed by atoms with Crippen LogP contribution >= 0.6 is 0 Å². The fourth-order valence-corrected chi connectivity index (χ4v) is 2.34. The molecular weight excluding hydrogens is 296 g/mol. The zero-order valence-electron chi connectivity index (χ0n) is 12.5. The van der Waals surface area contributed by atoms with Crippen molar-refractivity contribution >= 4 is 6.09 Å². The molecule has 0 aliphatic carbocycles. The van der Waals surface area contributed by atoms with Crippen molar-refractivity contribution in [2.45, 2.75) is 25.2 Å². The summed E-state index contributed by atoms with van der Waals surface area (Å²) in [5.41, 5.74) is 1.90. The largest absolute Gasteiger partial charge is 0.487 e. The lowest BCUT2D eigenvalue weighted by molar-refractivity contribution is 0.186. The molecule has 2 heterocycles. The van der Waals surface area contributed by atoms with Crippen molar-refractivity contribution in [2.75, 3.05) is 6.61 Å². The van der Waals surface area contributed by atoms with Gasteiger partial charge in [0.05, 0.1) is 18.3 Å². The molecular formula is C17H18N2O4. The minimum absolute atomic E-state index is 0.0221. The van der Waals surface area contributed by atoms with Gasteiger partial charge in [-0.15, -0.1) is 0 Å². The van der Waals surface area contributed by atoms with Crippen LogP contribution in [-0.2, 0) is 17.8 Å². The predicted octanol–water partition coefficient (Wildman–Crippen LogP) is 2.24. The molecule has 0 radical (unpaired) electrons. The molecule has 6 nitrogen and oxygen atoms in total. The number of benzene rings is 1. The van der Waals surface area contributed by atoms with E-state index in [0.717, 1.165) is 17.0 Å². The van der Waals surface area contributed by atoms with Gasteiger partial charge in [0.15, 0.2) is 0 Å². The second kappa shape index (κ2) is 7.11. The number of hydrogen-bond acceptors (Lipinski definition) is 4. The van der Waals surface area contributed by atoms with Gasteiger partial charge >= 0.3 is 6.09 Å². The number of amides is 1. The zero-order chi connectivity index (χ0) is 16.1. The molecule has 0 saturated carbocycles. The first-order valence-electron chi connectivity index (χ1n) is 7.43. The maximum absolute atomic E-state index is 10.8. The molecule has 6 heteroatoms. The van der Waals surface area contributed by atoms with Gasteiger partial charge in [-0.25, -0.2) is 4.79 Å². The molecule has 1 aliphatic heterocycles. The second-order valence-electron chi connectivity index (χ2n) is 5.39. The van der Waals surface area contributed by atoms with Crippen LogP contribution in [0.5, 0.6) is 5.75 Å². The Balaban J connectivity index is 1.55. The zero-order valence-corrected chi connectivity index (χ0v) is 12.5. The Hall–Kier alpha value is -2.60. The van der Waals surface area contributed by atoms with Gasteiger partial charge in [0.2, 0.25) is 0 Å². The third kappa shape index (κ3) is 4.69. The van der Waals surface area contributed by atoms with Crippen molar-refractivity contribution in [2.24, 2.45) is 0 Å². The molecule has 3 rings (SSSR count). The number of epoxide rings is 1. The Morgan fingerprint density at radius 3 is 2.74 bits per heavy atom. The van der Waals surface area contributed by atoms with Crippen molar-refractivity contribution in [3.8, 4) is 5.75 Å². The van der Waals surface area contributed by atoms with E-state index in [1.54, 1.807) is 6.20 Å². The van der Waals surface area contributed by atoms with Crippen LogP contribution < -0.4 is 10.1 Å². The van der Waals surface area contributed by atoms with E-state index in [9.17, 15) is 4.79 Å². The summed E-state index contributed by atoms with van der Waals surface area (Å²) in [6.07, 6.45) is 1.28. The van der Waals surface area contributed by atoms with E-state index in [2.05, 4.69) is 10.3 Å². The molecule has 1 fully saturated rings. The predicted molar refractivity (Wildman–Crippen MR) is 83.4 cm³/mol. The Labute approximate surface area is 134 Å². The summed E-state index contributed by atoms with van der Waals surface area (Å²) in [4.78, 5) is 15.0. The summed E-state index contributed by atoms with van der Waals surface area (Å²) < 4.78 is 10.9. The number of nitrogens with one attached hydrogen (secondary N) is 1. The van der Waals surface area contributed by atoms with Crippen molar-refractivity contribution in [1.29, 1.82) is 0 Å². The van der Waals surface area contributed by atoms with Gasteiger partial charge in [-0.05, 0) is 36.2 Å². The molecule has 0 bridgehead atoms. The van der Waals surface area contributed by atoms with Crippen LogP contribution in [0.3, 0.4) is 0 Å². The van der Waals surface area contributed by atoms with E-state index in [0.29, 0.717) is 19.6 Å². The first-order valence-corrected chi connectivity index (χ1v) is 7.43. The Bertz CT molecular complexity index is 641. The lowest BCUT2D eigenvalue weighted by atomic mass is 10.0. The molecule has 1 aromatic carbocycles. The summed E-state index contributed by atoms with van der Waals surface area (Å²) in [6.45, 7) is 1.02. The van der Waals surface area contributed by atoms with E-state index in [4.69, 9.17) is 14.6 Å². The van der Waals surface area contributed by atoms with Gasteiger partial charge in [-0.3, -0.25) is 4.98 Å². The topological polar surface area (TPSA) is 84.0 Å². The van der Waals surface area contributed by atoms with Crippen LogP contribution in [0, 0.1) is 0 Å². The summed E-state index contributed by atoms with van der Waals surface area (Å²) >= 11 is 0. The van der Waals surface area contributed by atoms with Crippen LogP contribution in [0.25, 0.3) is 0 Å². The van der Waals surface area contributed by atoms with Crippen LogP contribution in [0.4, 0.5) is 4.79 Å². The van der Waals surface area contributed by atoms with Crippen LogP contribution in [-0.4, -0.2) is 34.9 Å². The molecule has 2 atom stereocenters. The minimum atomic E-state index is -1.03. The third-order valence-corrected chi connectivity index (χ3v) is 3.61. The lowest BCUT2D eigenvalue weighted by Gasteiger charge is -2.14. The number of aromatic nitrogens is 1. The normalized spacial score (nSPS) is 17.3. The fraction of sp³-hybridized carbons (Fsp3) is 0.294. The molecule has 1 saturated heterocycles. The Kier molecular flexibility index (Phi) is 4.73. The Morgan fingerprint density at radius 2 is 2.13 bits per heavy atom. The third-order valence-electron chi connectivity index (χ3n) is 3.61. The quantitative estimate of drug-likeness (QED) is 0.766. The highest BCUT2D eigenvalue weighted by molar-refractivity contribution is 5.65. The first-order chi connectivity index (χ1) is 11.2. The number of ether oxygens (including phenoxy) is 2. The summed E-state index contributed by atoms with van der Waals surface area (Å²) in [6, 6.07) is 13.1. The highest BCUT2D eigenvalue weighted by Gasteiger charge is 2.33. The van der Waals surface area contributed by atoms with Gasteiger partial charge in [0.25, 0.3) is 0 Å².